The Morgan fingerprint density at radius 3 is 2.00 bits per heavy atom. The van der Waals surface area contributed by atoms with Gasteiger partial charge in [-0.25, -0.2) is 9.59 Å². The van der Waals surface area contributed by atoms with Gasteiger partial charge in [0.25, 0.3) is 0 Å². The fraction of sp³-hybridized carbons (Fsp3) is 0.600. The molecule has 9 heteroatoms. The van der Waals surface area contributed by atoms with E-state index in [2.05, 4.69) is 15.4 Å². The van der Waals surface area contributed by atoms with E-state index >= 15 is 0 Å². The summed E-state index contributed by atoms with van der Waals surface area (Å²) in [5.41, 5.74) is 1.06. The van der Waals surface area contributed by atoms with E-state index in [4.69, 9.17) is 9.47 Å². The molecule has 0 fully saturated rings. The molecule has 0 aliphatic heterocycles. The fourth-order valence-electron chi connectivity index (χ4n) is 3.21. The van der Waals surface area contributed by atoms with E-state index in [0.717, 1.165) is 0 Å². The van der Waals surface area contributed by atoms with E-state index in [-0.39, 0.29) is 30.8 Å². The highest BCUT2D eigenvalue weighted by Crippen LogP contribution is 2.11. The third-order valence-electron chi connectivity index (χ3n) is 4.92. The van der Waals surface area contributed by atoms with Crippen molar-refractivity contribution >= 4 is 23.8 Å². The summed E-state index contributed by atoms with van der Waals surface area (Å²) in [6.07, 6.45) is 0.0971. The Bertz CT molecular complexity index is 806. The van der Waals surface area contributed by atoms with Crippen molar-refractivity contribution in [1.29, 1.82) is 0 Å². The standard InChI is InChI=1S/C25H38N2O7/c1-7-33-15-22(28)20(12-16(2)3)26-23(29)21(13-17(4)5)27-25(31)34-14-18-8-10-19(11-9-18)24(30)32-6/h8-11,16-17,20-21H,7,12-15H2,1-6H3,(H,26,29)(H,27,31)/t20-,21-/m0/s1. The molecule has 0 bridgehead atoms. The molecule has 0 radical (unpaired) electrons. The fourth-order valence-corrected chi connectivity index (χ4v) is 3.21. The van der Waals surface area contributed by atoms with Crippen molar-refractivity contribution in [2.45, 2.75) is 66.2 Å². The normalized spacial score (nSPS) is 12.7. The molecule has 1 rings (SSSR count). The number of benzene rings is 1. The molecular formula is C25H38N2O7. The molecule has 34 heavy (non-hydrogen) atoms. The summed E-state index contributed by atoms with van der Waals surface area (Å²) < 4.78 is 15.1. The number of alkyl carbamates (subject to hydrolysis) is 1. The van der Waals surface area contributed by atoms with E-state index in [9.17, 15) is 19.2 Å². The summed E-state index contributed by atoms with van der Waals surface area (Å²) in [6.45, 7) is 9.88. The molecule has 0 heterocycles. The van der Waals surface area contributed by atoms with Gasteiger partial charge in [0.15, 0.2) is 5.78 Å². The van der Waals surface area contributed by atoms with Crippen molar-refractivity contribution in [3.8, 4) is 0 Å². The quantitative estimate of drug-likeness (QED) is 0.394. The number of nitrogens with one attached hydrogen (secondary N) is 2. The number of hydrogen-bond acceptors (Lipinski definition) is 7. The number of rotatable bonds is 14. The minimum Gasteiger partial charge on any atom is -0.465 e. The molecule has 1 aromatic carbocycles. The van der Waals surface area contributed by atoms with Gasteiger partial charge in [-0.1, -0.05) is 39.8 Å². The molecule has 9 nitrogen and oxygen atoms in total. The van der Waals surface area contributed by atoms with Crippen LogP contribution in [0.4, 0.5) is 4.79 Å². The lowest BCUT2D eigenvalue weighted by Crippen LogP contribution is -2.53. The van der Waals surface area contributed by atoms with Crippen LogP contribution in [0.2, 0.25) is 0 Å². The largest absolute Gasteiger partial charge is 0.465 e. The first kappa shape index (κ1) is 29.1. The summed E-state index contributed by atoms with van der Waals surface area (Å²) >= 11 is 0. The highest BCUT2D eigenvalue weighted by molar-refractivity contribution is 5.92. The molecule has 0 saturated heterocycles. The summed E-state index contributed by atoms with van der Waals surface area (Å²) in [4.78, 5) is 49.4. The zero-order valence-electron chi connectivity index (χ0n) is 21.0. The molecule has 0 aliphatic rings. The Hall–Kier alpha value is -2.94. The van der Waals surface area contributed by atoms with E-state index < -0.39 is 30.1 Å². The molecule has 2 N–H and O–H groups in total. The zero-order valence-corrected chi connectivity index (χ0v) is 21.0. The molecule has 0 unspecified atom stereocenters. The van der Waals surface area contributed by atoms with Crippen molar-refractivity contribution in [2.75, 3.05) is 20.3 Å². The average molecular weight is 479 g/mol. The van der Waals surface area contributed by atoms with Gasteiger partial charge < -0.3 is 24.8 Å². The molecular weight excluding hydrogens is 440 g/mol. The van der Waals surface area contributed by atoms with Crippen LogP contribution in [0, 0.1) is 11.8 Å². The van der Waals surface area contributed by atoms with Gasteiger partial charge in [0.05, 0.1) is 18.7 Å². The van der Waals surface area contributed by atoms with Crippen LogP contribution >= 0.6 is 0 Å². The van der Waals surface area contributed by atoms with Gasteiger partial charge in [0.2, 0.25) is 5.91 Å². The van der Waals surface area contributed by atoms with Crippen LogP contribution in [0.1, 0.15) is 63.4 Å². The van der Waals surface area contributed by atoms with Crippen LogP contribution in [0.5, 0.6) is 0 Å². The number of Topliss-reactive ketones (excluding diaryl/α,β-unsaturated/α-hetero) is 1. The summed E-state index contributed by atoms with van der Waals surface area (Å²) in [5.74, 6) is -0.801. The number of ketones is 1. The molecule has 0 aliphatic carbocycles. The second kappa shape index (κ2) is 15.1. The van der Waals surface area contributed by atoms with Crippen molar-refractivity contribution in [3.05, 3.63) is 35.4 Å². The van der Waals surface area contributed by atoms with Crippen LogP contribution in [-0.4, -0.2) is 56.2 Å². The van der Waals surface area contributed by atoms with E-state index in [1.807, 2.05) is 27.7 Å². The monoisotopic (exact) mass is 478 g/mol. The SMILES string of the molecule is CCOCC(=O)[C@H](CC(C)C)NC(=O)[C@H](CC(C)C)NC(=O)OCc1ccc(C(=O)OC)cc1. The first-order valence-corrected chi connectivity index (χ1v) is 11.6. The van der Waals surface area contributed by atoms with Crippen LogP contribution in [0.15, 0.2) is 24.3 Å². The lowest BCUT2D eigenvalue weighted by molar-refractivity contribution is -0.131. The summed E-state index contributed by atoms with van der Waals surface area (Å²) in [7, 11) is 1.30. The van der Waals surface area contributed by atoms with Crippen LogP contribution in [-0.2, 0) is 30.4 Å². The van der Waals surface area contributed by atoms with Gasteiger partial charge in [-0.05, 0) is 49.3 Å². The average Bonchev–Trinajstić information content (AvgIpc) is 2.79. The lowest BCUT2D eigenvalue weighted by atomic mass is 9.98. The number of methoxy groups -OCH3 is 1. The molecule has 0 aromatic heterocycles. The van der Waals surface area contributed by atoms with Crippen molar-refractivity contribution < 1.29 is 33.4 Å². The van der Waals surface area contributed by atoms with Gasteiger partial charge in [-0.2, -0.15) is 0 Å². The minimum absolute atomic E-state index is 0.0356. The minimum atomic E-state index is -0.858. The van der Waals surface area contributed by atoms with E-state index in [1.54, 1.807) is 31.2 Å². The maximum absolute atomic E-state index is 13.0. The lowest BCUT2D eigenvalue weighted by Gasteiger charge is -2.24. The molecule has 190 valence electrons. The third-order valence-corrected chi connectivity index (χ3v) is 4.92. The van der Waals surface area contributed by atoms with Gasteiger partial charge in [0, 0.05) is 6.61 Å². The van der Waals surface area contributed by atoms with Gasteiger partial charge in [-0.15, -0.1) is 0 Å². The molecule has 0 spiro atoms. The first-order valence-electron chi connectivity index (χ1n) is 11.6. The van der Waals surface area contributed by atoms with Crippen molar-refractivity contribution in [2.24, 2.45) is 11.8 Å². The van der Waals surface area contributed by atoms with E-state index in [1.165, 1.54) is 7.11 Å². The van der Waals surface area contributed by atoms with Gasteiger partial charge in [-0.3, -0.25) is 9.59 Å². The van der Waals surface area contributed by atoms with Crippen LogP contribution in [0.25, 0.3) is 0 Å². The molecule has 1 aromatic rings. The molecule has 0 saturated carbocycles. The zero-order chi connectivity index (χ0) is 25.7. The molecule has 2 atom stereocenters. The second-order valence-electron chi connectivity index (χ2n) is 8.89. The highest BCUT2D eigenvalue weighted by atomic mass is 16.5. The van der Waals surface area contributed by atoms with Crippen LogP contribution < -0.4 is 10.6 Å². The third kappa shape index (κ3) is 10.8. The van der Waals surface area contributed by atoms with Crippen molar-refractivity contribution in [1.82, 2.24) is 10.6 Å². The Morgan fingerprint density at radius 2 is 1.47 bits per heavy atom. The topological polar surface area (TPSA) is 120 Å². The first-order chi connectivity index (χ1) is 16.1. The predicted octanol–water partition coefficient (Wildman–Crippen LogP) is 3.25. The number of ether oxygens (including phenoxy) is 3. The predicted molar refractivity (Wildman–Crippen MR) is 127 cm³/mol. The number of carbonyl (C=O) groups is 4. The second-order valence-corrected chi connectivity index (χ2v) is 8.89. The number of carbonyl (C=O) groups excluding carboxylic acids is 4. The number of hydrogen-bond donors (Lipinski definition) is 2. The Labute approximate surface area is 201 Å². The van der Waals surface area contributed by atoms with Gasteiger partial charge >= 0.3 is 12.1 Å². The summed E-state index contributed by atoms with van der Waals surface area (Å²) in [6, 6.07) is 4.90. The number of amides is 2. The maximum Gasteiger partial charge on any atom is 0.408 e. The summed E-state index contributed by atoms with van der Waals surface area (Å²) in [5, 5.41) is 5.39. The highest BCUT2D eigenvalue weighted by Gasteiger charge is 2.28. The van der Waals surface area contributed by atoms with E-state index in [0.29, 0.717) is 30.6 Å². The maximum atomic E-state index is 13.0. The Kier molecular flexibility index (Phi) is 12.9. The van der Waals surface area contributed by atoms with Crippen molar-refractivity contribution in [3.63, 3.8) is 0 Å². The Balaban J connectivity index is 2.76. The molecule has 2 amide bonds. The van der Waals surface area contributed by atoms with Crippen LogP contribution in [0.3, 0.4) is 0 Å². The Morgan fingerprint density at radius 1 is 0.882 bits per heavy atom. The van der Waals surface area contributed by atoms with Gasteiger partial charge in [0.1, 0.15) is 19.3 Å². The smallest absolute Gasteiger partial charge is 0.408 e. The number of esters is 1.